The number of nitrogens with zero attached hydrogens (tertiary/aromatic N) is 1. The van der Waals surface area contributed by atoms with Crippen molar-refractivity contribution in [1.82, 2.24) is 4.90 Å². The largest absolute Gasteiger partial charge is 0.381 e. The number of hydrogen-bond donors (Lipinski definition) is 0. The van der Waals surface area contributed by atoms with Gasteiger partial charge in [-0.25, -0.2) is 0 Å². The molecule has 1 unspecified atom stereocenters. The highest BCUT2D eigenvalue weighted by Crippen LogP contribution is 2.21. The van der Waals surface area contributed by atoms with Gasteiger partial charge >= 0.3 is 0 Å². The van der Waals surface area contributed by atoms with Crippen molar-refractivity contribution in [2.75, 3.05) is 26.3 Å². The van der Waals surface area contributed by atoms with Crippen LogP contribution in [-0.2, 0) is 9.53 Å². The van der Waals surface area contributed by atoms with E-state index < -0.39 is 0 Å². The summed E-state index contributed by atoms with van der Waals surface area (Å²) in [5.74, 6) is 0.754. The van der Waals surface area contributed by atoms with Crippen LogP contribution in [0.5, 0.6) is 0 Å². The number of ether oxygens (including phenoxy) is 1. The zero-order chi connectivity index (χ0) is 9.80. The Morgan fingerprint density at radius 3 is 2.79 bits per heavy atom. The van der Waals surface area contributed by atoms with Crippen LogP contribution in [0, 0.1) is 5.92 Å². The maximum atomic E-state index is 10.8. The van der Waals surface area contributed by atoms with Crippen LogP contribution in [0.15, 0.2) is 0 Å². The van der Waals surface area contributed by atoms with Gasteiger partial charge in [-0.2, -0.15) is 0 Å². The van der Waals surface area contributed by atoms with Crippen LogP contribution in [-0.4, -0.2) is 43.5 Å². The molecule has 0 aromatic carbocycles. The molecule has 14 heavy (non-hydrogen) atoms. The first-order valence-electron chi connectivity index (χ1n) is 5.67. The van der Waals surface area contributed by atoms with E-state index in [2.05, 4.69) is 4.90 Å². The Morgan fingerprint density at radius 2 is 2.07 bits per heavy atom. The van der Waals surface area contributed by atoms with Crippen LogP contribution in [0.25, 0.3) is 0 Å². The average Bonchev–Trinajstić information content (AvgIpc) is 2.67. The van der Waals surface area contributed by atoms with Gasteiger partial charge in [0.05, 0.1) is 6.04 Å². The molecule has 2 aliphatic rings. The lowest BCUT2D eigenvalue weighted by Gasteiger charge is -2.28. The fourth-order valence-corrected chi connectivity index (χ4v) is 2.49. The van der Waals surface area contributed by atoms with E-state index in [1.807, 2.05) is 0 Å². The molecule has 2 saturated heterocycles. The number of carbonyl (C=O) groups excluding carboxylic acids is 1. The maximum Gasteiger partial charge on any atom is 0.137 e. The first-order chi connectivity index (χ1) is 6.90. The van der Waals surface area contributed by atoms with E-state index >= 15 is 0 Å². The van der Waals surface area contributed by atoms with Crippen LogP contribution in [0.4, 0.5) is 0 Å². The predicted molar refractivity (Wildman–Crippen MR) is 54.2 cm³/mol. The van der Waals surface area contributed by atoms with Gasteiger partial charge in [-0.3, -0.25) is 4.90 Å². The van der Waals surface area contributed by atoms with Crippen molar-refractivity contribution in [2.24, 2.45) is 5.92 Å². The van der Waals surface area contributed by atoms with Gasteiger partial charge in [0.15, 0.2) is 0 Å². The van der Waals surface area contributed by atoms with E-state index in [9.17, 15) is 4.79 Å². The molecule has 0 N–H and O–H groups in total. The lowest BCUT2D eigenvalue weighted by atomic mass is 9.99. The van der Waals surface area contributed by atoms with Crippen molar-refractivity contribution < 1.29 is 9.53 Å². The van der Waals surface area contributed by atoms with Gasteiger partial charge in [-0.05, 0) is 38.1 Å². The first kappa shape index (κ1) is 10.1. The Morgan fingerprint density at radius 1 is 1.29 bits per heavy atom. The van der Waals surface area contributed by atoms with Gasteiger partial charge in [-0.1, -0.05) is 0 Å². The molecule has 0 amide bonds. The smallest absolute Gasteiger partial charge is 0.137 e. The second-order valence-corrected chi connectivity index (χ2v) is 4.40. The summed E-state index contributed by atoms with van der Waals surface area (Å²) >= 11 is 0. The SMILES string of the molecule is O=CC1CCCN1CC1CCOCC1. The summed E-state index contributed by atoms with van der Waals surface area (Å²) < 4.78 is 5.33. The standard InChI is InChI=1S/C11H19NO2/c13-9-11-2-1-5-12(11)8-10-3-6-14-7-4-10/h9-11H,1-8H2. The highest BCUT2D eigenvalue weighted by atomic mass is 16.5. The predicted octanol–water partition coefficient (Wildman–Crippen LogP) is 1.08. The molecule has 0 aromatic rings. The Balaban J connectivity index is 1.80. The zero-order valence-electron chi connectivity index (χ0n) is 8.65. The number of aldehydes is 1. The molecule has 0 bridgehead atoms. The zero-order valence-corrected chi connectivity index (χ0v) is 8.65. The van der Waals surface area contributed by atoms with Crippen molar-refractivity contribution >= 4 is 6.29 Å². The highest BCUT2D eigenvalue weighted by molar-refractivity contribution is 5.58. The fourth-order valence-electron chi connectivity index (χ4n) is 2.49. The third kappa shape index (κ3) is 2.34. The highest BCUT2D eigenvalue weighted by Gasteiger charge is 2.26. The summed E-state index contributed by atoms with van der Waals surface area (Å²) in [6, 6.07) is 0.206. The van der Waals surface area contributed by atoms with Crippen molar-refractivity contribution in [1.29, 1.82) is 0 Å². The van der Waals surface area contributed by atoms with Gasteiger partial charge in [-0.15, -0.1) is 0 Å². The monoisotopic (exact) mass is 197 g/mol. The van der Waals surface area contributed by atoms with Crippen molar-refractivity contribution in [3.8, 4) is 0 Å². The third-order valence-corrected chi connectivity index (χ3v) is 3.40. The van der Waals surface area contributed by atoms with E-state index in [0.717, 1.165) is 44.9 Å². The van der Waals surface area contributed by atoms with E-state index in [0.29, 0.717) is 0 Å². The van der Waals surface area contributed by atoms with Crippen LogP contribution in [0.2, 0.25) is 0 Å². The number of carbonyl (C=O) groups is 1. The topological polar surface area (TPSA) is 29.5 Å². The minimum Gasteiger partial charge on any atom is -0.381 e. The molecule has 0 spiro atoms. The molecule has 0 saturated carbocycles. The Hall–Kier alpha value is -0.410. The van der Waals surface area contributed by atoms with Crippen LogP contribution < -0.4 is 0 Å². The number of hydrogen-bond acceptors (Lipinski definition) is 3. The second-order valence-electron chi connectivity index (χ2n) is 4.40. The number of likely N-dealkylation sites (tertiary alicyclic amines) is 1. The van der Waals surface area contributed by atoms with Crippen molar-refractivity contribution in [3.63, 3.8) is 0 Å². The summed E-state index contributed by atoms with van der Waals surface area (Å²) in [6.07, 6.45) is 5.70. The van der Waals surface area contributed by atoms with E-state index in [1.54, 1.807) is 0 Å². The van der Waals surface area contributed by atoms with E-state index in [4.69, 9.17) is 4.74 Å². The molecule has 80 valence electrons. The lowest BCUT2D eigenvalue weighted by Crippen LogP contribution is -2.36. The Kier molecular flexibility index (Phi) is 3.54. The minimum absolute atomic E-state index is 0.206. The second kappa shape index (κ2) is 4.89. The Labute approximate surface area is 85.4 Å². The molecule has 2 fully saturated rings. The van der Waals surface area contributed by atoms with Gasteiger partial charge in [0.1, 0.15) is 6.29 Å². The summed E-state index contributed by atoms with van der Waals surface area (Å²) in [6.45, 7) is 4.03. The normalized spacial score (nSPS) is 30.7. The molecule has 2 rings (SSSR count). The average molecular weight is 197 g/mol. The minimum atomic E-state index is 0.206. The van der Waals surface area contributed by atoms with Gasteiger partial charge < -0.3 is 9.53 Å². The molecule has 2 aliphatic heterocycles. The maximum absolute atomic E-state index is 10.8. The molecular formula is C11H19NO2. The summed E-state index contributed by atoms with van der Waals surface area (Å²) in [5, 5.41) is 0. The molecule has 1 atom stereocenters. The molecule has 3 nitrogen and oxygen atoms in total. The molecule has 0 aromatic heterocycles. The first-order valence-corrected chi connectivity index (χ1v) is 5.67. The van der Waals surface area contributed by atoms with E-state index in [-0.39, 0.29) is 6.04 Å². The van der Waals surface area contributed by atoms with E-state index in [1.165, 1.54) is 19.3 Å². The summed E-state index contributed by atoms with van der Waals surface area (Å²) in [5.41, 5.74) is 0. The van der Waals surface area contributed by atoms with Gasteiger partial charge in [0.2, 0.25) is 0 Å². The van der Waals surface area contributed by atoms with Gasteiger partial charge in [0.25, 0.3) is 0 Å². The van der Waals surface area contributed by atoms with Crippen LogP contribution >= 0.6 is 0 Å². The Bertz CT molecular complexity index is 190. The lowest BCUT2D eigenvalue weighted by molar-refractivity contribution is -0.111. The molecular weight excluding hydrogens is 178 g/mol. The quantitative estimate of drug-likeness (QED) is 0.634. The van der Waals surface area contributed by atoms with Crippen molar-refractivity contribution in [2.45, 2.75) is 31.7 Å². The fraction of sp³-hybridized carbons (Fsp3) is 0.909. The molecule has 2 heterocycles. The van der Waals surface area contributed by atoms with Crippen molar-refractivity contribution in [3.05, 3.63) is 0 Å². The van der Waals surface area contributed by atoms with Gasteiger partial charge in [0, 0.05) is 19.8 Å². The molecule has 3 heteroatoms. The molecule has 0 aliphatic carbocycles. The van der Waals surface area contributed by atoms with Crippen LogP contribution in [0.1, 0.15) is 25.7 Å². The summed E-state index contributed by atoms with van der Waals surface area (Å²) in [4.78, 5) is 13.1. The molecule has 0 radical (unpaired) electrons. The number of rotatable bonds is 3. The van der Waals surface area contributed by atoms with Crippen LogP contribution in [0.3, 0.4) is 0 Å². The summed E-state index contributed by atoms with van der Waals surface area (Å²) in [7, 11) is 0. The third-order valence-electron chi connectivity index (χ3n) is 3.40.